The van der Waals surface area contributed by atoms with Gasteiger partial charge in [-0.2, -0.15) is 0 Å². The van der Waals surface area contributed by atoms with Gasteiger partial charge in [-0.15, -0.1) is 5.10 Å². The first-order valence-electron chi connectivity index (χ1n) is 10.0. The topological polar surface area (TPSA) is 106 Å². The van der Waals surface area contributed by atoms with Crippen molar-refractivity contribution in [3.8, 4) is 0 Å². The van der Waals surface area contributed by atoms with E-state index in [2.05, 4.69) is 28.9 Å². The molecular formula is C20H30N4O4S. The molecule has 9 heteroatoms. The van der Waals surface area contributed by atoms with Crippen molar-refractivity contribution in [1.29, 1.82) is 0 Å². The summed E-state index contributed by atoms with van der Waals surface area (Å²) in [5.41, 5.74) is 1.95. The van der Waals surface area contributed by atoms with Crippen LogP contribution in [0.15, 0.2) is 35.4 Å². The number of ether oxygens (including phenoxy) is 1. The molecule has 0 saturated carbocycles. The van der Waals surface area contributed by atoms with E-state index >= 15 is 0 Å². The summed E-state index contributed by atoms with van der Waals surface area (Å²) in [7, 11) is -3.66. The number of aliphatic hydroxyl groups is 1. The van der Waals surface area contributed by atoms with Gasteiger partial charge in [0, 0.05) is 12.7 Å². The highest BCUT2D eigenvalue weighted by Gasteiger charge is 2.33. The van der Waals surface area contributed by atoms with Crippen molar-refractivity contribution < 1.29 is 18.3 Å². The molecule has 0 aliphatic carbocycles. The molecule has 2 N–H and O–H groups in total. The molecule has 0 amide bonds. The van der Waals surface area contributed by atoms with Crippen LogP contribution in [0.1, 0.15) is 50.3 Å². The van der Waals surface area contributed by atoms with Gasteiger partial charge in [-0.3, -0.25) is 4.68 Å². The second-order valence-electron chi connectivity index (χ2n) is 7.95. The van der Waals surface area contributed by atoms with Gasteiger partial charge in [0.1, 0.15) is 0 Å². The minimum absolute atomic E-state index is 0.0565. The molecule has 0 radical (unpaired) electrons. The predicted molar refractivity (Wildman–Crippen MR) is 109 cm³/mol. The van der Waals surface area contributed by atoms with Crippen molar-refractivity contribution in [3.05, 3.63) is 41.7 Å². The maximum Gasteiger partial charge on any atom is 0.240 e. The summed E-state index contributed by atoms with van der Waals surface area (Å²) >= 11 is 0. The highest BCUT2D eigenvalue weighted by molar-refractivity contribution is 7.89. The van der Waals surface area contributed by atoms with Crippen LogP contribution in [0.3, 0.4) is 0 Å². The Balaban J connectivity index is 1.56. The summed E-state index contributed by atoms with van der Waals surface area (Å²) in [6.07, 6.45) is 3.36. The molecule has 29 heavy (non-hydrogen) atoms. The SMILES string of the molecule is Cc1ccc(S(=O)(=O)N[C@@H]2CC[C@H](CCn3cc(C(C)C)nn3)O[C@@H]2CO)cc1. The van der Waals surface area contributed by atoms with E-state index in [-0.39, 0.29) is 17.6 Å². The maximum atomic E-state index is 12.7. The maximum absolute atomic E-state index is 12.7. The summed E-state index contributed by atoms with van der Waals surface area (Å²) in [6.45, 7) is 6.48. The van der Waals surface area contributed by atoms with Crippen LogP contribution in [-0.4, -0.2) is 53.4 Å². The zero-order valence-electron chi connectivity index (χ0n) is 17.2. The van der Waals surface area contributed by atoms with E-state index in [9.17, 15) is 13.5 Å². The van der Waals surface area contributed by atoms with E-state index in [0.717, 1.165) is 17.7 Å². The fourth-order valence-corrected chi connectivity index (χ4v) is 4.73. The third-order valence-electron chi connectivity index (χ3n) is 5.26. The van der Waals surface area contributed by atoms with E-state index in [1.54, 1.807) is 28.9 Å². The zero-order valence-corrected chi connectivity index (χ0v) is 18.0. The quantitative estimate of drug-likeness (QED) is 0.674. The number of aliphatic hydroxyl groups excluding tert-OH is 1. The molecule has 1 fully saturated rings. The van der Waals surface area contributed by atoms with Crippen LogP contribution in [-0.2, 0) is 21.3 Å². The number of benzene rings is 1. The fourth-order valence-electron chi connectivity index (χ4n) is 3.43. The van der Waals surface area contributed by atoms with Gasteiger partial charge in [0.15, 0.2) is 0 Å². The van der Waals surface area contributed by atoms with Crippen LogP contribution in [0.5, 0.6) is 0 Å². The van der Waals surface area contributed by atoms with Crippen molar-refractivity contribution in [2.75, 3.05) is 6.61 Å². The van der Waals surface area contributed by atoms with Crippen LogP contribution in [0.4, 0.5) is 0 Å². The first kappa shape index (κ1) is 21.9. The Hall–Kier alpha value is -1.81. The fraction of sp³-hybridized carbons (Fsp3) is 0.600. The number of hydrogen-bond donors (Lipinski definition) is 2. The van der Waals surface area contributed by atoms with Crippen molar-refractivity contribution in [3.63, 3.8) is 0 Å². The van der Waals surface area contributed by atoms with Crippen LogP contribution in [0.2, 0.25) is 0 Å². The zero-order chi connectivity index (χ0) is 21.0. The second-order valence-corrected chi connectivity index (χ2v) is 9.66. The standard InChI is InChI=1S/C20H30N4O4S/c1-14(2)19-12-24(23-21-19)11-10-16-6-9-18(20(13-25)28-16)22-29(26,27)17-7-4-15(3)5-8-17/h4-5,7-8,12,14,16,18,20,22,25H,6,9-11,13H2,1-3H3/t16-,18-,20-/m1/s1. The Morgan fingerprint density at radius 1 is 1.28 bits per heavy atom. The molecule has 0 spiro atoms. The highest BCUT2D eigenvalue weighted by Crippen LogP contribution is 2.24. The van der Waals surface area contributed by atoms with Crippen LogP contribution in [0.25, 0.3) is 0 Å². The molecule has 1 aromatic heterocycles. The van der Waals surface area contributed by atoms with Gasteiger partial charge in [-0.05, 0) is 44.2 Å². The summed E-state index contributed by atoms with van der Waals surface area (Å²) in [5, 5.41) is 18.0. The molecule has 1 saturated heterocycles. The molecule has 3 rings (SSSR count). The van der Waals surface area contributed by atoms with Crippen molar-refractivity contribution >= 4 is 10.0 Å². The normalized spacial score (nSPS) is 22.9. The average Bonchev–Trinajstić information content (AvgIpc) is 3.17. The number of sulfonamides is 1. The lowest BCUT2D eigenvalue weighted by atomic mass is 9.98. The summed E-state index contributed by atoms with van der Waals surface area (Å²) in [6, 6.07) is 6.24. The Morgan fingerprint density at radius 2 is 2.00 bits per heavy atom. The van der Waals surface area contributed by atoms with Crippen LogP contribution < -0.4 is 4.72 Å². The Labute approximate surface area is 172 Å². The minimum Gasteiger partial charge on any atom is -0.394 e. The van der Waals surface area contributed by atoms with Gasteiger partial charge in [0.05, 0.1) is 35.4 Å². The molecule has 3 atom stereocenters. The Kier molecular flexibility index (Phi) is 7.05. The van der Waals surface area contributed by atoms with Gasteiger partial charge < -0.3 is 9.84 Å². The molecule has 8 nitrogen and oxygen atoms in total. The molecule has 2 aromatic rings. The molecule has 1 aliphatic rings. The largest absolute Gasteiger partial charge is 0.394 e. The predicted octanol–water partition coefficient (Wildman–Crippen LogP) is 1.99. The smallest absolute Gasteiger partial charge is 0.240 e. The molecule has 1 aliphatic heterocycles. The first-order chi connectivity index (χ1) is 13.8. The number of rotatable bonds is 8. The number of aryl methyl sites for hydroxylation is 2. The third kappa shape index (κ3) is 5.63. The minimum atomic E-state index is -3.66. The van der Waals surface area contributed by atoms with E-state index in [1.807, 2.05) is 13.1 Å². The lowest BCUT2D eigenvalue weighted by Gasteiger charge is -2.36. The number of hydrogen-bond acceptors (Lipinski definition) is 6. The average molecular weight is 423 g/mol. The molecule has 0 bridgehead atoms. The molecule has 0 unspecified atom stereocenters. The van der Waals surface area contributed by atoms with E-state index < -0.39 is 22.2 Å². The van der Waals surface area contributed by atoms with Crippen molar-refractivity contribution in [2.45, 2.75) is 75.6 Å². The van der Waals surface area contributed by atoms with Crippen molar-refractivity contribution in [1.82, 2.24) is 19.7 Å². The molecule has 1 aromatic carbocycles. The van der Waals surface area contributed by atoms with E-state index in [0.29, 0.717) is 25.3 Å². The monoisotopic (exact) mass is 422 g/mol. The molecule has 2 heterocycles. The van der Waals surface area contributed by atoms with Gasteiger partial charge in [-0.25, -0.2) is 13.1 Å². The second kappa shape index (κ2) is 9.34. The van der Waals surface area contributed by atoms with E-state index in [4.69, 9.17) is 4.74 Å². The lowest BCUT2D eigenvalue weighted by Crippen LogP contribution is -2.50. The molecule has 160 valence electrons. The van der Waals surface area contributed by atoms with Gasteiger partial charge in [0.25, 0.3) is 0 Å². The van der Waals surface area contributed by atoms with Gasteiger partial charge in [-0.1, -0.05) is 36.8 Å². The van der Waals surface area contributed by atoms with Gasteiger partial charge in [0.2, 0.25) is 10.0 Å². The lowest BCUT2D eigenvalue weighted by molar-refractivity contribution is -0.0891. The summed E-state index contributed by atoms with van der Waals surface area (Å²) in [5.74, 6) is 0.329. The number of nitrogens with one attached hydrogen (secondary N) is 1. The van der Waals surface area contributed by atoms with Crippen molar-refractivity contribution in [2.24, 2.45) is 0 Å². The highest BCUT2D eigenvalue weighted by atomic mass is 32.2. The number of nitrogens with zero attached hydrogens (tertiary/aromatic N) is 3. The van der Waals surface area contributed by atoms with Crippen LogP contribution >= 0.6 is 0 Å². The van der Waals surface area contributed by atoms with E-state index in [1.165, 1.54) is 0 Å². The Morgan fingerprint density at radius 3 is 2.62 bits per heavy atom. The third-order valence-corrected chi connectivity index (χ3v) is 6.77. The van der Waals surface area contributed by atoms with Crippen LogP contribution in [0, 0.1) is 6.92 Å². The Bertz CT molecular complexity index is 895. The summed E-state index contributed by atoms with van der Waals surface area (Å²) < 4.78 is 35.8. The summed E-state index contributed by atoms with van der Waals surface area (Å²) in [4.78, 5) is 0.217. The molecular weight excluding hydrogens is 392 g/mol. The van der Waals surface area contributed by atoms with Gasteiger partial charge >= 0.3 is 0 Å². The number of aromatic nitrogens is 3. The first-order valence-corrected chi connectivity index (χ1v) is 11.5.